The molecule has 1 aliphatic rings. The van der Waals surface area contributed by atoms with Crippen molar-refractivity contribution in [2.75, 3.05) is 39.3 Å². The molecule has 0 bridgehead atoms. The highest BCUT2D eigenvalue weighted by molar-refractivity contribution is 5.50. The van der Waals surface area contributed by atoms with E-state index in [9.17, 15) is 0 Å². The molecule has 0 saturated carbocycles. The highest BCUT2D eigenvalue weighted by atomic mass is 16.5. The number of para-hydroxylation sites is 1. The lowest BCUT2D eigenvalue weighted by atomic mass is 9.97. The molecule has 2 heterocycles. The molecule has 1 aromatic carbocycles. The molecule has 1 atom stereocenters. The van der Waals surface area contributed by atoms with Gasteiger partial charge in [-0.1, -0.05) is 12.1 Å². The molecule has 1 unspecified atom stereocenters. The van der Waals surface area contributed by atoms with Crippen molar-refractivity contribution < 1.29 is 14.2 Å². The standard InChI is InChI=1S/C18H23N3O3/c1-22-11-14-9-17(20-12-19-14)21-8-7-13(10-21)15-5-4-6-16(23-2)18(15)24-3/h4-6,9,12-13H,7-8,10-11H2,1-3H3. The fraction of sp³-hybridized carbons (Fsp3) is 0.444. The van der Waals surface area contributed by atoms with Crippen LogP contribution < -0.4 is 14.4 Å². The number of methoxy groups -OCH3 is 3. The molecule has 24 heavy (non-hydrogen) atoms. The first kappa shape index (κ1) is 16.5. The minimum Gasteiger partial charge on any atom is -0.493 e. The van der Waals surface area contributed by atoms with Gasteiger partial charge >= 0.3 is 0 Å². The summed E-state index contributed by atoms with van der Waals surface area (Å²) in [7, 11) is 5.03. The van der Waals surface area contributed by atoms with Gasteiger partial charge in [-0.25, -0.2) is 9.97 Å². The van der Waals surface area contributed by atoms with Crippen LogP contribution in [0.2, 0.25) is 0 Å². The van der Waals surface area contributed by atoms with E-state index < -0.39 is 0 Å². The van der Waals surface area contributed by atoms with E-state index in [1.165, 1.54) is 5.56 Å². The van der Waals surface area contributed by atoms with Gasteiger partial charge in [-0.3, -0.25) is 0 Å². The molecule has 6 nitrogen and oxygen atoms in total. The molecule has 1 saturated heterocycles. The van der Waals surface area contributed by atoms with Crippen LogP contribution >= 0.6 is 0 Å². The largest absolute Gasteiger partial charge is 0.493 e. The van der Waals surface area contributed by atoms with Gasteiger partial charge in [0.2, 0.25) is 0 Å². The summed E-state index contributed by atoms with van der Waals surface area (Å²) in [4.78, 5) is 10.9. The zero-order valence-electron chi connectivity index (χ0n) is 14.4. The van der Waals surface area contributed by atoms with Crippen LogP contribution in [-0.4, -0.2) is 44.4 Å². The van der Waals surface area contributed by atoms with Crippen molar-refractivity contribution in [2.45, 2.75) is 18.9 Å². The summed E-state index contributed by atoms with van der Waals surface area (Å²) in [5.41, 5.74) is 2.08. The fourth-order valence-corrected chi connectivity index (χ4v) is 3.24. The second-order valence-electron chi connectivity index (χ2n) is 5.81. The summed E-state index contributed by atoms with van der Waals surface area (Å²) >= 11 is 0. The molecule has 0 amide bonds. The lowest BCUT2D eigenvalue weighted by Gasteiger charge is -2.19. The molecule has 0 N–H and O–H groups in total. The SMILES string of the molecule is COCc1cc(N2CCC(c3cccc(OC)c3OC)C2)ncn1. The summed E-state index contributed by atoms with van der Waals surface area (Å²) in [6, 6.07) is 8.05. The number of anilines is 1. The Bertz CT molecular complexity index is 693. The van der Waals surface area contributed by atoms with Crippen molar-refractivity contribution in [1.29, 1.82) is 0 Å². The molecule has 2 aromatic rings. The third kappa shape index (κ3) is 3.28. The minimum atomic E-state index is 0.385. The van der Waals surface area contributed by atoms with Gasteiger partial charge in [-0.05, 0) is 12.5 Å². The van der Waals surface area contributed by atoms with Crippen LogP contribution in [0.3, 0.4) is 0 Å². The van der Waals surface area contributed by atoms with Crippen LogP contribution in [0.5, 0.6) is 11.5 Å². The summed E-state index contributed by atoms with van der Waals surface area (Å²) in [6.45, 7) is 2.35. The minimum absolute atomic E-state index is 0.385. The van der Waals surface area contributed by atoms with Gasteiger partial charge in [0.25, 0.3) is 0 Å². The summed E-state index contributed by atoms with van der Waals surface area (Å²) in [5.74, 6) is 2.93. The molecular weight excluding hydrogens is 306 g/mol. The van der Waals surface area contributed by atoms with Crippen LogP contribution in [-0.2, 0) is 11.3 Å². The van der Waals surface area contributed by atoms with Gasteiger partial charge in [0, 0.05) is 37.7 Å². The predicted octanol–water partition coefficient (Wildman–Crippen LogP) is 2.63. The normalized spacial score (nSPS) is 17.1. The van der Waals surface area contributed by atoms with Gasteiger partial charge < -0.3 is 19.1 Å². The van der Waals surface area contributed by atoms with E-state index in [1.54, 1.807) is 27.7 Å². The van der Waals surface area contributed by atoms with Crippen molar-refractivity contribution in [3.8, 4) is 11.5 Å². The molecule has 1 fully saturated rings. The van der Waals surface area contributed by atoms with Crippen LogP contribution in [0.25, 0.3) is 0 Å². The highest BCUT2D eigenvalue weighted by Gasteiger charge is 2.28. The molecular formula is C18H23N3O3. The van der Waals surface area contributed by atoms with Gasteiger partial charge in [0.15, 0.2) is 11.5 Å². The first-order valence-electron chi connectivity index (χ1n) is 8.02. The quantitative estimate of drug-likeness (QED) is 0.812. The molecule has 0 aliphatic carbocycles. The van der Waals surface area contributed by atoms with Gasteiger partial charge in [-0.15, -0.1) is 0 Å². The van der Waals surface area contributed by atoms with E-state index in [0.717, 1.165) is 42.5 Å². The predicted molar refractivity (Wildman–Crippen MR) is 91.9 cm³/mol. The van der Waals surface area contributed by atoms with Crippen LogP contribution in [0.4, 0.5) is 5.82 Å². The molecule has 3 rings (SSSR count). The van der Waals surface area contributed by atoms with Crippen LogP contribution in [0.1, 0.15) is 23.6 Å². The maximum Gasteiger partial charge on any atom is 0.164 e. The van der Waals surface area contributed by atoms with Crippen molar-refractivity contribution in [3.63, 3.8) is 0 Å². The fourth-order valence-electron chi connectivity index (χ4n) is 3.24. The van der Waals surface area contributed by atoms with E-state index in [4.69, 9.17) is 14.2 Å². The third-order valence-corrected chi connectivity index (χ3v) is 4.39. The monoisotopic (exact) mass is 329 g/mol. The van der Waals surface area contributed by atoms with Crippen molar-refractivity contribution in [2.24, 2.45) is 0 Å². The average molecular weight is 329 g/mol. The second kappa shape index (κ2) is 7.49. The van der Waals surface area contributed by atoms with E-state index in [1.807, 2.05) is 18.2 Å². The molecule has 128 valence electrons. The number of nitrogens with zero attached hydrogens (tertiary/aromatic N) is 3. The first-order valence-corrected chi connectivity index (χ1v) is 8.02. The summed E-state index contributed by atoms with van der Waals surface area (Å²) in [5, 5.41) is 0. The third-order valence-electron chi connectivity index (χ3n) is 4.39. The zero-order chi connectivity index (χ0) is 16.9. The zero-order valence-corrected chi connectivity index (χ0v) is 14.4. The van der Waals surface area contributed by atoms with Crippen molar-refractivity contribution >= 4 is 5.82 Å². The molecule has 0 radical (unpaired) electrons. The molecule has 1 aromatic heterocycles. The van der Waals surface area contributed by atoms with E-state index in [2.05, 4.69) is 20.9 Å². The summed E-state index contributed by atoms with van der Waals surface area (Å²) in [6.07, 6.45) is 2.65. The topological polar surface area (TPSA) is 56.7 Å². The van der Waals surface area contributed by atoms with Crippen LogP contribution in [0.15, 0.2) is 30.6 Å². The van der Waals surface area contributed by atoms with Crippen LogP contribution in [0, 0.1) is 0 Å². The number of aromatic nitrogens is 2. The second-order valence-corrected chi connectivity index (χ2v) is 5.81. The Morgan fingerprint density at radius 1 is 1.17 bits per heavy atom. The molecule has 0 spiro atoms. The van der Waals surface area contributed by atoms with E-state index in [-0.39, 0.29) is 0 Å². The first-order chi connectivity index (χ1) is 11.8. The van der Waals surface area contributed by atoms with E-state index >= 15 is 0 Å². The Hall–Kier alpha value is -2.34. The Kier molecular flexibility index (Phi) is 5.15. The Morgan fingerprint density at radius 3 is 2.79 bits per heavy atom. The maximum absolute atomic E-state index is 5.59. The molecule has 6 heteroatoms. The van der Waals surface area contributed by atoms with E-state index in [0.29, 0.717) is 12.5 Å². The van der Waals surface area contributed by atoms with Gasteiger partial charge in [0.05, 0.1) is 26.5 Å². The van der Waals surface area contributed by atoms with Crippen molar-refractivity contribution in [1.82, 2.24) is 9.97 Å². The smallest absolute Gasteiger partial charge is 0.164 e. The highest BCUT2D eigenvalue weighted by Crippen LogP contribution is 2.39. The Balaban J connectivity index is 1.80. The lowest BCUT2D eigenvalue weighted by Crippen LogP contribution is -2.21. The van der Waals surface area contributed by atoms with Crippen molar-refractivity contribution in [3.05, 3.63) is 41.9 Å². The number of hydrogen-bond donors (Lipinski definition) is 0. The molecule has 1 aliphatic heterocycles. The number of ether oxygens (including phenoxy) is 3. The van der Waals surface area contributed by atoms with Gasteiger partial charge in [0.1, 0.15) is 12.1 Å². The number of hydrogen-bond acceptors (Lipinski definition) is 6. The lowest BCUT2D eigenvalue weighted by molar-refractivity contribution is 0.181. The average Bonchev–Trinajstić information content (AvgIpc) is 3.11. The number of benzene rings is 1. The maximum atomic E-state index is 5.59. The number of rotatable bonds is 6. The summed E-state index contributed by atoms with van der Waals surface area (Å²) < 4.78 is 16.2. The Labute approximate surface area is 142 Å². The Morgan fingerprint density at radius 2 is 2.04 bits per heavy atom. The van der Waals surface area contributed by atoms with Gasteiger partial charge in [-0.2, -0.15) is 0 Å².